The van der Waals surface area contributed by atoms with Crippen molar-refractivity contribution in [2.45, 2.75) is 32.4 Å². The molecule has 4 nitrogen and oxygen atoms in total. The summed E-state index contributed by atoms with van der Waals surface area (Å²) in [6, 6.07) is 0.127. The van der Waals surface area contributed by atoms with Crippen LogP contribution in [0.4, 0.5) is 4.79 Å². The van der Waals surface area contributed by atoms with Gasteiger partial charge in [-0.2, -0.15) is 0 Å². The summed E-state index contributed by atoms with van der Waals surface area (Å²) in [5.74, 6) is 0. The normalized spacial score (nSPS) is 20.2. The molecule has 0 saturated carbocycles. The molecule has 1 saturated heterocycles. The van der Waals surface area contributed by atoms with E-state index in [2.05, 4.69) is 31.0 Å². The fourth-order valence-corrected chi connectivity index (χ4v) is 1.29. The monoisotopic (exact) mass is 172 g/mol. The van der Waals surface area contributed by atoms with Crippen molar-refractivity contribution in [1.29, 1.82) is 0 Å². The Morgan fingerprint density at radius 1 is 1.50 bits per heavy atom. The number of amides is 1. The highest BCUT2D eigenvalue weighted by Gasteiger charge is 2.34. The van der Waals surface area contributed by atoms with Gasteiger partial charge >= 0.3 is 6.09 Å². The fraction of sp³-hybridized carbons (Fsp3) is 0.875. The Bertz CT molecular complexity index is 180. The predicted octanol–water partition coefficient (Wildman–Crippen LogP) is 0.737. The van der Waals surface area contributed by atoms with Crippen molar-refractivity contribution >= 4 is 6.09 Å². The minimum atomic E-state index is -0.923. The average Bonchev–Trinajstić information content (AvgIpc) is 1.73. The lowest BCUT2D eigenvalue weighted by Gasteiger charge is -2.47. The molecule has 0 spiro atoms. The second-order valence-electron chi connectivity index (χ2n) is 4.22. The first-order chi connectivity index (χ1) is 5.39. The van der Waals surface area contributed by atoms with Gasteiger partial charge in [0.15, 0.2) is 0 Å². The zero-order chi connectivity index (χ0) is 9.35. The molecule has 1 rings (SSSR count). The molecule has 1 aliphatic heterocycles. The molecule has 0 aromatic carbocycles. The van der Waals surface area contributed by atoms with E-state index in [4.69, 9.17) is 5.11 Å². The summed E-state index contributed by atoms with van der Waals surface area (Å²) < 4.78 is 0. The van der Waals surface area contributed by atoms with Crippen molar-refractivity contribution in [3.63, 3.8) is 0 Å². The van der Waals surface area contributed by atoms with Gasteiger partial charge in [0.25, 0.3) is 0 Å². The van der Waals surface area contributed by atoms with Gasteiger partial charge in [-0.3, -0.25) is 4.90 Å². The summed E-state index contributed by atoms with van der Waals surface area (Å²) in [6.45, 7) is 8.05. The first-order valence-corrected chi connectivity index (χ1v) is 4.14. The van der Waals surface area contributed by atoms with Crippen LogP contribution in [0.15, 0.2) is 0 Å². The Hall–Kier alpha value is -0.770. The summed E-state index contributed by atoms with van der Waals surface area (Å²) in [5.41, 5.74) is 0.163. The van der Waals surface area contributed by atoms with Gasteiger partial charge in [0.1, 0.15) is 0 Å². The van der Waals surface area contributed by atoms with Gasteiger partial charge in [-0.1, -0.05) is 0 Å². The Balaban J connectivity index is 2.25. The maximum absolute atomic E-state index is 10.2. The minimum absolute atomic E-state index is 0.127. The average molecular weight is 172 g/mol. The van der Waals surface area contributed by atoms with Crippen LogP contribution in [-0.2, 0) is 0 Å². The summed E-state index contributed by atoms with van der Waals surface area (Å²) in [6.07, 6.45) is -0.923. The van der Waals surface area contributed by atoms with E-state index in [0.29, 0.717) is 0 Å². The molecule has 70 valence electrons. The van der Waals surface area contributed by atoms with E-state index >= 15 is 0 Å². The predicted molar refractivity (Wildman–Crippen MR) is 46.3 cm³/mol. The Morgan fingerprint density at radius 3 is 2.33 bits per heavy atom. The van der Waals surface area contributed by atoms with E-state index in [1.807, 2.05) is 0 Å². The van der Waals surface area contributed by atoms with Crippen LogP contribution in [-0.4, -0.2) is 40.8 Å². The number of nitrogens with zero attached hydrogens (tertiary/aromatic N) is 1. The van der Waals surface area contributed by atoms with Crippen LogP contribution < -0.4 is 5.32 Å². The van der Waals surface area contributed by atoms with E-state index < -0.39 is 6.09 Å². The first-order valence-electron chi connectivity index (χ1n) is 4.14. The zero-order valence-corrected chi connectivity index (χ0v) is 7.79. The topological polar surface area (TPSA) is 52.6 Å². The highest BCUT2D eigenvalue weighted by Crippen LogP contribution is 2.20. The van der Waals surface area contributed by atoms with E-state index in [9.17, 15) is 4.79 Å². The lowest BCUT2D eigenvalue weighted by Crippen LogP contribution is -2.64. The largest absolute Gasteiger partial charge is 0.465 e. The van der Waals surface area contributed by atoms with Gasteiger partial charge in [0.2, 0.25) is 0 Å². The molecule has 0 bridgehead atoms. The van der Waals surface area contributed by atoms with Crippen LogP contribution >= 0.6 is 0 Å². The lowest BCUT2D eigenvalue weighted by atomic mass is 9.98. The summed E-state index contributed by atoms with van der Waals surface area (Å²) >= 11 is 0. The molecule has 1 amide bonds. The van der Waals surface area contributed by atoms with E-state index in [0.717, 1.165) is 13.1 Å². The third-order valence-electron chi connectivity index (χ3n) is 2.16. The van der Waals surface area contributed by atoms with Crippen LogP contribution in [0, 0.1) is 0 Å². The van der Waals surface area contributed by atoms with Gasteiger partial charge in [0.05, 0.1) is 6.04 Å². The van der Waals surface area contributed by atoms with Crippen LogP contribution in [0.1, 0.15) is 20.8 Å². The molecule has 0 aromatic rings. The molecule has 2 N–H and O–H groups in total. The standard InChI is InChI=1S/C8H16N2O2/c1-8(2,3)10-4-6(5-10)9-7(11)12/h6,9H,4-5H2,1-3H3,(H,11,12). The molecule has 0 atom stereocenters. The number of likely N-dealkylation sites (tertiary alicyclic amines) is 1. The third kappa shape index (κ3) is 2.11. The second-order valence-corrected chi connectivity index (χ2v) is 4.22. The van der Waals surface area contributed by atoms with Crippen LogP contribution in [0.25, 0.3) is 0 Å². The summed E-state index contributed by atoms with van der Waals surface area (Å²) in [5, 5.41) is 10.9. The molecule has 1 aliphatic rings. The molecular formula is C8H16N2O2. The maximum Gasteiger partial charge on any atom is 0.404 e. The molecule has 4 heteroatoms. The number of rotatable bonds is 1. The lowest BCUT2D eigenvalue weighted by molar-refractivity contribution is 0.0357. The van der Waals surface area contributed by atoms with Gasteiger partial charge in [-0.05, 0) is 20.8 Å². The molecule has 0 unspecified atom stereocenters. The number of nitrogens with one attached hydrogen (secondary N) is 1. The Kier molecular flexibility index (Phi) is 2.28. The minimum Gasteiger partial charge on any atom is -0.465 e. The van der Waals surface area contributed by atoms with Crippen molar-refractivity contribution < 1.29 is 9.90 Å². The van der Waals surface area contributed by atoms with Crippen LogP contribution in [0.5, 0.6) is 0 Å². The van der Waals surface area contributed by atoms with Crippen molar-refractivity contribution in [3.05, 3.63) is 0 Å². The molecule has 12 heavy (non-hydrogen) atoms. The molecule has 0 aromatic heterocycles. The van der Waals surface area contributed by atoms with Crippen molar-refractivity contribution in [2.24, 2.45) is 0 Å². The number of carboxylic acid groups (broad SMARTS) is 1. The van der Waals surface area contributed by atoms with E-state index in [1.165, 1.54) is 0 Å². The SMILES string of the molecule is CC(C)(C)N1CC(NC(=O)O)C1. The maximum atomic E-state index is 10.2. The van der Waals surface area contributed by atoms with Crippen molar-refractivity contribution in [2.75, 3.05) is 13.1 Å². The van der Waals surface area contributed by atoms with E-state index in [-0.39, 0.29) is 11.6 Å². The van der Waals surface area contributed by atoms with Crippen molar-refractivity contribution in [1.82, 2.24) is 10.2 Å². The zero-order valence-electron chi connectivity index (χ0n) is 7.79. The van der Waals surface area contributed by atoms with Gasteiger partial charge in [0, 0.05) is 18.6 Å². The van der Waals surface area contributed by atoms with Gasteiger partial charge in [-0.15, -0.1) is 0 Å². The number of hydrogen-bond donors (Lipinski definition) is 2. The van der Waals surface area contributed by atoms with E-state index in [1.54, 1.807) is 0 Å². The Morgan fingerprint density at radius 2 is 2.00 bits per heavy atom. The number of carbonyl (C=O) groups is 1. The molecule has 1 heterocycles. The Labute approximate surface area is 72.6 Å². The molecular weight excluding hydrogens is 156 g/mol. The quantitative estimate of drug-likeness (QED) is 0.613. The highest BCUT2D eigenvalue weighted by molar-refractivity contribution is 5.65. The van der Waals surface area contributed by atoms with Gasteiger partial charge < -0.3 is 10.4 Å². The molecule has 1 fully saturated rings. The second kappa shape index (κ2) is 2.94. The summed E-state index contributed by atoms with van der Waals surface area (Å²) in [7, 11) is 0. The van der Waals surface area contributed by atoms with Gasteiger partial charge in [-0.25, -0.2) is 4.79 Å². The third-order valence-corrected chi connectivity index (χ3v) is 2.16. The van der Waals surface area contributed by atoms with Crippen LogP contribution in [0.2, 0.25) is 0 Å². The smallest absolute Gasteiger partial charge is 0.404 e. The first kappa shape index (κ1) is 9.32. The molecule has 0 aliphatic carbocycles. The fourth-order valence-electron chi connectivity index (χ4n) is 1.29. The number of hydrogen-bond acceptors (Lipinski definition) is 2. The van der Waals surface area contributed by atoms with Crippen LogP contribution in [0.3, 0.4) is 0 Å². The van der Waals surface area contributed by atoms with Crippen molar-refractivity contribution in [3.8, 4) is 0 Å². The summed E-state index contributed by atoms with van der Waals surface area (Å²) in [4.78, 5) is 12.5. The molecule has 0 radical (unpaired) electrons. The highest BCUT2D eigenvalue weighted by atomic mass is 16.4.